The molecule has 0 unspecified atom stereocenters. The molecule has 2 aromatic rings. The highest BCUT2D eigenvalue weighted by molar-refractivity contribution is 8.14. The topological polar surface area (TPSA) is 84.0 Å². The zero-order chi connectivity index (χ0) is 24.4. The Kier molecular flexibility index (Phi) is 7.15. The van der Waals surface area contributed by atoms with E-state index in [1.54, 1.807) is 12.0 Å². The fourth-order valence-electron chi connectivity index (χ4n) is 5.50. The maximum Gasteiger partial charge on any atom is 0.317 e. The molecule has 0 aliphatic carbocycles. The van der Waals surface area contributed by atoms with Crippen molar-refractivity contribution in [1.29, 1.82) is 0 Å². The molecule has 9 heteroatoms. The first kappa shape index (κ1) is 23.9. The first-order chi connectivity index (χ1) is 17.1. The van der Waals surface area contributed by atoms with Gasteiger partial charge >= 0.3 is 6.03 Å². The second-order valence-electron chi connectivity index (χ2n) is 9.32. The lowest BCUT2D eigenvalue weighted by Crippen LogP contribution is -2.48. The van der Waals surface area contributed by atoms with E-state index in [1.165, 1.54) is 11.8 Å². The minimum absolute atomic E-state index is 0.0244. The van der Waals surface area contributed by atoms with Crippen LogP contribution in [0.25, 0.3) is 10.9 Å². The molecule has 35 heavy (non-hydrogen) atoms. The van der Waals surface area contributed by atoms with Crippen molar-refractivity contribution in [2.24, 2.45) is 11.8 Å². The highest BCUT2D eigenvalue weighted by Gasteiger charge is 2.46. The van der Waals surface area contributed by atoms with Gasteiger partial charge in [0, 0.05) is 43.8 Å². The zero-order valence-electron chi connectivity index (χ0n) is 20.0. The molecule has 3 fully saturated rings. The van der Waals surface area contributed by atoms with E-state index < -0.39 is 0 Å². The van der Waals surface area contributed by atoms with Crippen LogP contribution < -0.4 is 10.1 Å². The average molecular weight is 497 g/mol. The van der Waals surface area contributed by atoms with Crippen molar-refractivity contribution in [3.05, 3.63) is 48.7 Å². The molecule has 1 N–H and O–H groups in total. The summed E-state index contributed by atoms with van der Waals surface area (Å²) in [5.41, 5.74) is 2.02. The van der Waals surface area contributed by atoms with Gasteiger partial charge in [-0.2, -0.15) is 0 Å². The second kappa shape index (κ2) is 10.5. The van der Waals surface area contributed by atoms with E-state index in [-0.39, 0.29) is 28.5 Å². The minimum Gasteiger partial charge on any atom is -0.497 e. The zero-order valence-corrected chi connectivity index (χ0v) is 20.8. The molecule has 5 rings (SSSR count). The van der Waals surface area contributed by atoms with Crippen molar-refractivity contribution in [2.75, 3.05) is 46.5 Å². The number of carbonyl (C=O) groups excluding carboxylic acids is 2. The number of fused-ring (bicyclic) bond motifs is 2. The molecule has 3 saturated heterocycles. The van der Waals surface area contributed by atoms with E-state index in [1.807, 2.05) is 41.4 Å². The number of hydrogen-bond donors (Lipinski definition) is 1. The number of hydrogen-bond acceptors (Lipinski definition) is 6. The van der Waals surface area contributed by atoms with Crippen molar-refractivity contribution in [3.63, 3.8) is 0 Å². The second-order valence-corrected chi connectivity index (χ2v) is 10.4. The number of urea groups is 1. The number of morpholine rings is 1. The first-order valence-corrected chi connectivity index (χ1v) is 13.1. The highest BCUT2D eigenvalue weighted by atomic mass is 32.2. The Morgan fingerprint density at radius 1 is 1.34 bits per heavy atom. The SMILES string of the molecule is C=C[C@@H](CNC(=O)N1CCOCC1)[C@H]1CCN2C(=O)S[C@@H](c3ccnc4ccc(OC)cc34)[C@@H]2C1. The Morgan fingerprint density at radius 2 is 2.17 bits per heavy atom. The molecule has 4 heterocycles. The van der Waals surface area contributed by atoms with Crippen LogP contribution in [0.5, 0.6) is 5.75 Å². The van der Waals surface area contributed by atoms with Crippen LogP contribution in [0.1, 0.15) is 23.7 Å². The summed E-state index contributed by atoms with van der Waals surface area (Å²) in [7, 11) is 1.66. The predicted molar refractivity (Wildman–Crippen MR) is 137 cm³/mol. The van der Waals surface area contributed by atoms with Crippen LogP contribution in [-0.2, 0) is 4.74 Å². The Hall–Kier alpha value is -2.78. The predicted octanol–water partition coefficient (Wildman–Crippen LogP) is 4.08. The highest BCUT2D eigenvalue weighted by Crippen LogP contribution is 2.50. The summed E-state index contributed by atoms with van der Waals surface area (Å²) in [4.78, 5) is 33.9. The van der Waals surface area contributed by atoms with Crippen LogP contribution in [0.15, 0.2) is 43.1 Å². The van der Waals surface area contributed by atoms with Gasteiger partial charge in [0.1, 0.15) is 5.75 Å². The van der Waals surface area contributed by atoms with Crippen molar-refractivity contribution >= 4 is 33.9 Å². The van der Waals surface area contributed by atoms with E-state index in [0.717, 1.165) is 41.6 Å². The van der Waals surface area contributed by atoms with Crippen molar-refractivity contribution < 1.29 is 19.1 Å². The van der Waals surface area contributed by atoms with E-state index in [0.29, 0.717) is 38.8 Å². The van der Waals surface area contributed by atoms with Crippen LogP contribution >= 0.6 is 11.8 Å². The molecule has 1 aromatic carbocycles. The first-order valence-electron chi connectivity index (χ1n) is 12.2. The number of piperidine rings is 1. The monoisotopic (exact) mass is 496 g/mol. The maximum atomic E-state index is 12.9. The van der Waals surface area contributed by atoms with Gasteiger partial charge in [0.25, 0.3) is 5.24 Å². The summed E-state index contributed by atoms with van der Waals surface area (Å²) in [5, 5.41) is 4.29. The number of ether oxygens (including phenoxy) is 2. The third-order valence-corrected chi connectivity index (χ3v) is 8.74. The number of pyridine rings is 1. The number of methoxy groups -OCH3 is 1. The molecule has 0 radical (unpaired) electrons. The summed E-state index contributed by atoms with van der Waals surface area (Å²) in [6, 6.07) is 7.98. The minimum atomic E-state index is -0.0423. The molecular formula is C26H32N4O4S. The number of nitrogens with zero attached hydrogens (tertiary/aromatic N) is 3. The Bertz CT molecular complexity index is 1110. The van der Waals surface area contributed by atoms with Gasteiger partial charge in [-0.15, -0.1) is 6.58 Å². The molecule has 186 valence electrons. The molecule has 4 atom stereocenters. The van der Waals surface area contributed by atoms with E-state index >= 15 is 0 Å². The molecule has 3 amide bonds. The maximum absolute atomic E-state index is 12.9. The Morgan fingerprint density at radius 3 is 2.94 bits per heavy atom. The van der Waals surface area contributed by atoms with Crippen LogP contribution in [0.2, 0.25) is 0 Å². The van der Waals surface area contributed by atoms with Gasteiger partial charge in [-0.05, 0) is 54.5 Å². The Balaban J connectivity index is 1.32. The summed E-state index contributed by atoms with van der Waals surface area (Å²) < 4.78 is 10.8. The lowest BCUT2D eigenvalue weighted by atomic mass is 9.79. The Labute approximate surface area is 210 Å². The van der Waals surface area contributed by atoms with Crippen LogP contribution in [0, 0.1) is 11.8 Å². The van der Waals surface area contributed by atoms with Crippen LogP contribution in [0.4, 0.5) is 9.59 Å². The van der Waals surface area contributed by atoms with Gasteiger partial charge < -0.3 is 24.6 Å². The van der Waals surface area contributed by atoms with E-state index in [2.05, 4.69) is 16.9 Å². The van der Waals surface area contributed by atoms with Gasteiger partial charge in [0.2, 0.25) is 0 Å². The number of nitrogens with one attached hydrogen (secondary N) is 1. The number of thioether (sulfide) groups is 1. The largest absolute Gasteiger partial charge is 0.497 e. The van der Waals surface area contributed by atoms with Crippen LogP contribution in [-0.4, -0.2) is 78.6 Å². The van der Waals surface area contributed by atoms with Gasteiger partial charge in [-0.25, -0.2) is 4.79 Å². The standard InChI is InChI=1S/C26H32N4O4S/c1-3-17(16-28-25(31)29-10-12-34-13-11-29)18-7-9-30-23(14-18)24(35-26(30)32)20-6-8-27-22-5-4-19(33-2)15-21(20)22/h3-6,8,15,17-18,23-24H,1,7,9-14,16H2,2H3,(H,28,31)/t17-,18-,23-,24-/m0/s1. The lowest BCUT2D eigenvalue weighted by Gasteiger charge is -2.39. The number of amides is 3. The molecule has 1 aromatic heterocycles. The van der Waals surface area contributed by atoms with Gasteiger partial charge in [0.15, 0.2) is 0 Å². The molecule has 3 aliphatic rings. The number of rotatable bonds is 6. The van der Waals surface area contributed by atoms with Gasteiger partial charge in [0.05, 0.1) is 31.1 Å². The number of aromatic nitrogens is 1. The molecule has 0 spiro atoms. The summed E-state index contributed by atoms with van der Waals surface area (Å²) >= 11 is 1.42. The summed E-state index contributed by atoms with van der Waals surface area (Å²) in [6.45, 7) is 7.77. The van der Waals surface area contributed by atoms with Gasteiger partial charge in [-0.3, -0.25) is 9.78 Å². The molecule has 8 nitrogen and oxygen atoms in total. The summed E-state index contributed by atoms with van der Waals surface area (Å²) in [6.07, 6.45) is 5.57. The average Bonchev–Trinajstić information content (AvgIpc) is 3.24. The normalized spacial score (nSPS) is 25.3. The molecule has 3 aliphatic heterocycles. The molecule has 0 bridgehead atoms. The molecular weight excluding hydrogens is 464 g/mol. The van der Waals surface area contributed by atoms with Crippen molar-refractivity contribution in [2.45, 2.75) is 24.1 Å². The smallest absolute Gasteiger partial charge is 0.317 e. The molecule has 0 saturated carbocycles. The van der Waals surface area contributed by atoms with Crippen molar-refractivity contribution in [3.8, 4) is 5.75 Å². The lowest BCUT2D eigenvalue weighted by molar-refractivity contribution is 0.0527. The number of benzene rings is 1. The summed E-state index contributed by atoms with van der Waals surface area (Å²) in [5.74, 6) is 1.27. The number of carbonyl (C=O) groups is 2. The van der Waals surface area contributed by atoms with Gasteiger partial charge in [-0.1, -0.05) is 17.8 Å². The third kappa shape index (κ3) is 4.84. The van der Waals surface area contributed by atoms with Crippen LogP contribution in [0.3, 0.4) is 0 Å². The third-order valence-electron chi connectivity index (χ3n) is 7.48. The quantitative estimate of drug-likeness (QED) is 0.607. The fourth-order valence-corrected chi connectivity index (χ4v) is 6.83. The fraction of sp³-hybridized carbons (Fsp3) is 0.500. The van der Waals surface area contributed by atoms with Crippen molar-refractivity contribution in [1.82, 2.24) is 20.1 Å². The van der Waals surface area contributed by atoms with E-state index in [4.69, 9.17) is 9.47 Å². The van der Waals surface area contributed by atoms with E-state index in [9.17, 15) is 9.59 Å².